The van der Waals surface area contributed by atoms with E-state index in [9.17, 15) is 4.79 Å². The minimum absolute atomic E-state index is 0.195. The first-order valence-electron chi connectivity index (χ1n) is 5.77. The average molecular weight is 236 g/mol. The van der Waals surface area contributed by atoms with Crippen molar-refractivity contribution in [2.45, 2.75) is 33.4 Å². The third-order valence-electron chi connectivity index (χ3n) is 2.62. The van der Waals surface area contributed by atoms with Gasteiger partial charge in [0.1, 0.15) is 6.04 Å². The van der Waals surface area contributed by atoms with Gasteiger partial charge in [0.05, 0.1) is 7.11 Å². The number of esters is 1. The number of nitrogens with zero attached hydrogens (tertiary/aromatic N) is 1. The number of rotatable bonds is 5. The van der Waals surface area contributed by atoms with Crippen LogP contribution in [0.15, 0.2) is 18.3 Å². The van der Waals surface area contributed by atoms with Crippen molar-refractivity contribution in [2.75, 3.05) is 7.11 Å². The number of carbonyl (C=O) groups excluding carboxylic acids is 1. The van der Waals surface area contributed by atoms with Gasteiger partial charge in [-0.25, -0.2) is 0 Å². The lowest BCUT2D eigenvalue weighted by atomic mass is 10.0. The predicted octanol–water partition coefficient (Wildman–Crippen LogP) is 1.68. The Balaban J connectivity index is 2.58. The SMILES string of the molecule is COC(=O)[C@@H](NCc1ccc(C)nc1)C(C)C. The number of aryl methyl sites for hydroxylation is 1. The summed E-state index contributed by atoms with van der Waals surface area (Å²) in [5.74, 6) is -0.0269. The molecule has 1 heterocycles. The Morgan fingerprint density at radius 3 is 2.65 bits per heavy atom. The van der Waals surface area contributed by atoms with Crippen molar-refractivity contribution in [1.29, 1.82) is 0 Å². The molecule has 1 rings (SSSR count). The van der Waals surface area contributed by atoms with Crippen molar-refractivity contribution in [1.82, 2.24) is 10.3 Å². The first-order valence-corrected chi connectivity index (χ1v) is 5.77. The van der Waals surface area contributed by atoms with Gasteiger partial charge >= 0.3 is 5.97 Å². The van der Waals surface area contributed by atoms with E-state index in [4.69, 9.17) is 4.74 Å². The van der Waals surface area contributed by atoms with Crippen LogP contribution in [0.4, 0.5) is 0 Å². The van der Waals surface area contributed by atoms with Crippen LogP contribution in [0.5, 0.6) is 0 Å². The molecule has 0 radical (unpaired) electrons. The lowest BCUT2D eigenvalue weighted by Gasteiger charge is -2.19. The number of pyridine rings is 1. The second-order valence-corrected chi connectivity index (χ2v) is 4.43. The first kappa shape index (κ1) is 13.6. The highest BCUT2D eigenvalue weighted by Gasteiger charge is 2.21. The molecule has 0 fully saturated rings. The Morgan fingerprint density at radius 1 is 1.47 bits per heavy atom. The molecule has 1 N–H and O–H groups in total. The van der Waals surface area contributed by atoms with E-state index in [0.29, 0.717) is 6.54 Å². The van der Waals surface area contributed by atoms with Crippen LogP contribution in [0.1, 0.15) is 25.1 Å². The zero-order chi connectivity index (χ0) is 12.8. The fourth-order valence-electron chi connectivity index (χ4n) is 1.55. The number of carbonyl (C=O) groups is 1. The molecule has 1 aromatic rings. The first-order chi connectivity index (χ1) is 8.04. The van der Waals surface area contributed by atoms with Gasteiger partial charge in [0.25, 0.3) is 0 Å². The maximum absolute atomic E-state index is 11.5. The van der Waals surface area contributed by atoms with E-state index in [1.54, 1.807) is 0 Å². The highest BCUT2D eigenvalue weighted by atomic mass is 16.5. The summed E-state index contributed by atoms with van der Waals surface area (Å²) in [6.45, 7) is 6.54. The smallest absolute Gasteiger partial charge is 0.323 e. The third-order valence-corrected chi connectivity index (χ3v) is 2.62. The molecule has 0 saturated heterocycles. The number of nitrogens with one attached hydrogen (secondary N) is 1. The minimum Gasteiger partial charge on any atom is -0.468 e. The van der Waals surface area contributed by atoms with Gasteiger partial charge in [0, 0.05) is 18.4 Å². The summed E-state index contributed by atoms with van der Waals surface area (Å²) < 4.78 is 4.76. The van der Waals surface area contributed by atoms with Crippen molar-refractivity contribution >= 4 is 5.97 Å². The van der Waals surface area contributed by atoms with Crippen molar-refractivity contribution in [3.05, 3.63) is 29.6 Å². The van der Waals surface area contributed by atoms with Crippen molar-refractivity contribution in [3.63, 3.8) is 0 Å². The van der Waals surface area contributed by atoms with Crippen LogP contribution >= 0.6 is 0 Å². The van der Waals surface area contributed by atoms with Gasteiger partial charge in [-0.2, -0.15) is 0 Å². The summed E-state index contributed by atoms with van der Waals surface area (Å²) >= 11 is 0. The topological polar surface area (TPSA) is 51.2 Å². The predicted molar refractivity (Wildman–Crippen MR) is 66.5 cm³/mol. The van der Waals surface area contributed by atoms with Crippen LogP contribution in [0.25, 0.3) is 0 Å². The van der Waals surface area contributed by atoms with Gasteiger partial charge in [-0.15, -0.1) is 0 Å². The quantitative estimate of drug-likeness (QED) is 0.790. The molecule has 0 aliphatic rings. The molecule has 4 nitrogen and oxygen atoms in total. The lowest BCUT2D eigenvalue weighted by molar-refractivity contribution is -0.144. The molecular formula is C13H20N2O2. The van der Waals surface area contributed by atoms with Gasteiger partial charge in [0.2, 0.25) is 0 Å². The molecule has 17 heavy (non-hydrogen) atoms. The summed E-state index contributed by atoms with van der Waals surface area (Å²) in [7, 11) is 1.41. The summed E-state index contributed by atoms with van der Waals surface area (Å²) in [6.07, 6.45) is 1.82. The summed E-state index contributed by atoms with van der Waals surface area (Å²) in [5.41, 5.74) is 2.05. The molecule has 0 aliphatic heterocycles. The van der Waals surface area contributed by atoms with Crippen molar-refractivity contribution in [3.8, 4) is 0 Å². The van der Waals surface area contributed by atoms with Crippen LogP contribution in [0, 0.1) is 12.8 Å². The maximum atomic E-state index is 11.5. The number of hydrogen-bond donors (Lipinski definition) is 1. The van der Waals surface area contributed by atoms with Crippen molar-refractivity contribution in [2.24, 2.45) is 5.92 Å². The van der Waals surface area contributed by atoms with Crippen LogP contribution in [0.3, 0.4) is 0 Å². The average Bonchev–Trinajstić information content (AvgIpc) is 2.31. The normalized spacial score (nSPS) is 12.5. The molecule has 0 aliphatic carbocycles. The van der Waals surface area contributed by atoms with Gasteiger partial charge in [0.15, 0.2) is 0 Å². The molecule has 1 atom stereocenters. The number of hydrogen-bond acceptors (Lipinski definition) is 4. The molecule has 0 bridgehead atoms. The Morgan fingerprint density at radius 2 is 2.18 bits per heavy atom. The Bertz CT molecular complexity index is 360. The van der Waals surface area contributed by atoms with Crippen molar-refractivity contribution < 1.29 is 9.53 Å². The monoisotopic (exact) mass is 236 g/mol. The number of methoxy groups -OCH3 is 1. The molecule has 0 aromatic carbocycles. The second kappa shape index (κ2) is 6.35. The van der Waals surface area contributed by atoms with Crippen LogP contribution < -0.4 is 5.32 Å². The highest BCUT2D eigenvalue weighted by molar-refractivity contribution is 5.75. The fourth-order valence-corrected chi connectivity index (χ4v) is 1.55. The third kappa shape index (κ3) is 4.15. The van der Waals surface area contributed by atoms with Crippen LogP contribution in [0.2, 0.25) is 0 Å². The summed E-state index contributed by atoms with van der Waals surface area (Å²) in [5, 5.41) is 3.19. The van der Waals surface area contributed by atoms with E-state index >= 15 is 0 Å². The number of aromatic nitrogens is 1. The van der Waals surface area contributed by atoms with Gasteiger partial charge < -0.3 is 10.1 Å². The zero-order valence-electron chi connectivity index (χ0n) is 10.9. The number of ether oxygens (including phenoxy) is 1. The highest BCUT2D eigenvalue weighted by Crippen LogP contribution is 2.06. The van der Waals surface area contributed by atoms with E-state index in [2.05, 4.69) is 10.3 Å². The molecule has 94 valence electrons. The molecule has 0 saturated carbocycles. The largest absolute Gasteiger partial charge is 0.468 e. The molecule has 4 heteroatoms. The summed E-state index contributed by atoms with van der Waals surface area (Å²) in [4.78, 5) is 15.7. The molecular weight excluding hydrogens is 216 g/mol. The van der Waals surface area contributed by atoms with Crippen LogP contribution in [-0.2, 0) is 16.1 Å². The van der Waals surface area contributed by atoms with Gasteiger partial charge in [-0.1, -0.05) is 19.9 Å². The zero-order valence-corrected chi connectivity index (χ0v) is 10.9. The van der Waals surface area contributed by atoms with Crippen LogP contribution in [-0.4, -0.2) is 24.1 Å². The Labute approximate surface area is 102 Å². The lowest BCUT2D eigenvalue weighted by Crippen LogP contribution is -2.41. The van der Waals surface area contributed by atoms with Gasteiger partial charge in [-0.05, 0) is 24.5 Å². The van der Waals surface area contributed by atoms with E-state index in [0.717, 1.165) is 11.3 Å². The minimum atomic E-state index is -0.277. The second-order valence-electron chi connectivity index (χ2n) is 4.43. The van der Waals surface area contributed by atoms with E-state index in [-0.39, 0.29) is 17.9 Å². The van der Waals surface area contributed by atoms with Gasteiger partial charge in [-0.3, -0.25) is 9.78 Å². The molecule has 1 aromatic heterocycles. The van der Waals surface area contributed by atoms with E-state index in [1.807, 2.05) is 39.1 Å². The van der Waals surface area contributed by atoms with E-state index in [1.165, 1.54) is 7.11 Å². The molecule has 0 amide bonds. The maximum Gasteiger partial charge on any atom is 0.323 e. The molecule has 0 spiro atoms. The summed E-state index contributed by atoms with van der Waals surface area (Å²) in [6, 6.07) is 3.69. The fraction of sp³-hybridized carbons (Fsp3) is 0.538. The molecule has 0 unspecified atom stereocenters. The Hall–Kier alpha value is -1.42. The van der Waals surface area contributed by atoms with E-state index < -0.39 is 0 Å². The Kier molecular flexibility index (Phi) is 5.10. The standard InChI is InChI=1S/C13H20N2O2/c1-9(2)12(13(16)17-4)15-8-11-6-5-10(3)14-7-11/h5-7,9,12,15H,8H2,1-4H3/t12-/m0/s1.